The Hall–Kier alpha value is -1.09. The van der Waals surface area contributed by atoms with Gasteiger partial charge in [0, 0.05) is 23.5 Å². The predicted molar refractivity (Wildman–Crippen MR) is 59.9 cm³/mol. The van der Waals surface area contributed by atoms with Gasteiger partial charge in [-0.15, -0.1) is 0 Å². The van der Waals surface area contributed by atoms with Crippen molar-refractivity contribution in [2.24, 2.45) is 0 Å². The molecule has 0 fully saturated rings. The molecule has 1 unspecified atom stereocenters. The Bertz CT molecular complexity index is 312. The first-order valence-electron chi connectivity index (χ1n) is 5.40. The third kappa shape index (κ3) is 3.51. The zero-order valence-corrected chi connectivity index (χ0v) is 9.66. The number of aliphatic hydroxyl groups excluding tert-OH is 1. The van der Waals surface area contributed by atoms with Crippen molar-refractivity contribution in [1.29, 1.82) is 0 Å². The molecule has 3 heteroatoms. The third-order valence-electron chi connectivity index (χ3n) is 2.27. The summed E-state index contributed by atoms with van der Waals surface area (Å²) in [6, 6.07) is 1.87. The summed E-state index contributed by atoms with van der Waals surface area (Å²) in [5.74, 6) is 0.756. The molecule has 0 aliphatic rings. The van der Waals surface area contributed by atoms with E-state index >= 15 is 0 Å². The van der Waals surface area contributed by atoms with Crippen LogP contribution in [0.15, 0.2) is 12.3 Å². The summed E-state index contributed by atoms with van der Waals surface area (Å²) in [6.45, 7) is 6.06. The van der Waals surface area contributed by atoms with Gasteiger partial charge in [-0.3, -0.25) is 4.98 Å². The van der Waals surface area contributed by atoms with E-state index in [4.69, 9.17) is 9.84 Å². The second kappa shape index (κ2) is 5.71. The monoisotopic (exact) mass is 209 g/mol. The molecule has 0 radical (unpaired) electrons. The van der Waals surface area contributed by atoms with Gasteiger partial charge in [0.25, 0.3) is 0 Å². The first kappa shape index (κ1) is 12.0. The molecule has 1 atom stereocenters. The quantitative estimate of drug-likeness (QED) is 0.810. The van der Waals surface area contributed by atoms with E-state index in [2.05, 4.69) is 11.9 Å². The van der Waals surface area contributed by atoms with Gasteiger partial charge in [-0.2, -0.15) is 0 Å². The minimum absolute atomic E-state index is 0.0263. The summed E-state index contributed by atoms with van der Waals surface area (Å²) in [7, 11) is 0. The fourth-order valence-corrected chi connectivity index (χ4v) is 1.47. The zero-order chi connectivity index (χ0) is 11.3. The van der Waals surface area contributed by atoms with Crippen molar-refractivity contribution in [2.45, 2.75) is 46.3 Å². The molecular formula is C12H19NO2. The first-order chi connectivity index (χ1) is 7.17. The number of hydrogen-bond donors (Lipinski definition) is 1. The molecule has 0 amide bonds. The van der Waals surface area contributed by atoms with Crippen molar-refractivity contribution in [3.05, 3.63) is 23.5 Å². The van der Waals surface area contributed by atoms with E-state index in [0.717, 1.165) is 29.8 Å². The fraction of sp³-hybridized carbons (Fsp3) is 0.583. The molecule has 3 nitrogen and oxygen atoms in total. The van der Waals surface area contributed by atoms with Gasteiger partial charge in [-0.1, -0.05) is 13.3 Å². The molecule has 0 bridgehead atoms. The lowest BCUT2D eigenvalue weighted by Crippen LogP contribution is -2.12. The molecule has 0 aliphatic carbocycles. The van der Waals surface area contributed by atoms with Gasteiger partial charge < -0.3 is 9.84 Å². The third-order valence-corrected chi connectivity index (χ3v) is 2.27. The summed E-state index contributed by atoms with van der Waals surface area (Å²) in [5, 5.41) is 9.13. The summed E-state index contributed by atoms with van der Waals surface area (Å²) in [4.78, 5) is 4.12. The van der Waals surface area contributed by atoms with E-state index in [-0.39, 0.29) is 12.7 Å². The van der Waals surface area contributed by atoms with Crippen molar-refractivity contribution in [3.8, 4) is 5.75 Å². The fourth-order valence-electron chi connectivity index (χ4n) is 1.47. The number of aryl methyl sites for hydroxylation is 1. The van der Waals surface area contributed by atoms with Crippen molar-refractivity contribution >= 4 is 0 Å². The Kier molecular flexibility index (Phi) is 4.56. The predicted octanol–water partition coefficient (Wildman–Crippen LogP) is 2.45. The number of ether oxygens (including phenoxy) is 1. The van der Waals surface area contributed by atoms with Crippen LogP contribution in [0.1, 0.15) is 37.9 Å². The topological polar surface area (TPSA) is 42.4 Å². The largest absolute Gasteiger partial charge is 0.490 e. The highest BCUT2D eigenvalue weighted by molar-refractivity contribution is 5.32. The van der Waals surface area contributed by atoms with Crippen LogP contribution >= 0.6 is 0 Å². The molecule has 84 valence electrons. The van der Waals surface area contributed by atoms with Gasteiger partial charge in [0.2, 0.25) is 0 Å². The molecule has 0 spiro atoms. The maximum atomic E-state index is 9.13. The number of aromatic nitrogens is 1. The maximum Gasteiger partial charge on any atom is 0.128 e. The number of pyridine rings is 1. The molecule has 1 aromatic heterocycles. The molecule has 1 aromatic rings. The average Bonchev–Trinajstić information content (AvgIpc) is 2.18. The maximum absolute atomic E-state index is 9.13. The van der Waals surface area contributed by atoms with Crippen LogP contribution < -0.4 is 4.74 Å². The summed E-state index contributed by atoms with van der Waals surface area (Å²) >= 11 is 0. The molecule has 1 heterocycles. The highest BCUT2D eigenvalue weighted by Gasteiger charge is 2.08. The smallest absolute Gasteiger partial charge is 0.128 e. The highest BCUT2D eigenvalue weighted by Crippen LogP contribution is 2.20. The lowest BCUT2D eigenvalue weighted by Gasteiger charge is -2.16. The molecule has 0 saturated carbocycles. The SMILES string of the molecule is CCCC(C)Oc1cc(C)ncc1CO. The van der Waals surface area contributed by atoms with Crippen LogP contribution in [0.3, 0.4) is 0 Å². The van der Waals surface area contributed by atoms with Crippen LogP contribution in [0.25, 0.3) is 0 Å². The van der Waals surface area contributed by atoms with Crippen LogP contribution in [0.5, 0.6) is 5.75 Å². The van der Waals surface area contributed by atoms with E-state index < -0.39 is 0 Å². The molecule has 0 aromatic carbocycles. The Morgan fingerprint density at radius 1 is 1.53 bits per heavy atom. The molecule has 15 heavy (non-hydrogen) atoms. The van der Waals surface area contributed by atoms with Crippen molar-refractivity contribution in [2.75, 3.05) is 0 Å². The second-order valence-electron chi connectivity index (χ2n) is 3.81. The van der Waals surface area contributed by atoms with Gasteiger partial charge >= 0.3 is 0 Å². The minimum Gasteiger partial charge on any atom is -0.490 e. The Labute approximate surface area is 91.1 Å². The highest BCUT2D eigenvalue weighted by atomic mass is 16.5. The number of nitrogens with zero attached hydrogens (tertiary/aromatic N) is 1. The second-order valence-corrected chi connectivity index (χ2v) is 3.81. The summed E-state index contributed by atoms with van der Waals surface area (Å²) < 4.78 is 5.76. The molecular weight excluding hydrogens is 190 g/mol. The molecule has 1 rings (SSSR count). The Morgan fingerprint density at radius 2 is 2.27 bits per heavy atom. The van der Waals surface area contributed by atoms with Crippen molar-refractivity contribution in [1.82, 2.24) is 4.98 Å². The van der Waals surface area contributed by atoms with E-state index in [1.54, 1.807) is 6.20 Å². The first-order valence-corrected chi connectivity index (χ1v) is 5.40. The number of hydrogen-bond acceptors (Lipinski definition) is 3. The Morgan fingerprint density at radius 3 is 2.87 bits per heavy atom. The Balaban J connectivity index is 2.77. The van der Waals surface area contributed by atoms with Crippen molar-refractivity contribution < 1.29 is 9.84 Å². The van der Waals surface area contributed by atoms with Crippen LogP contribution in [0, 0.1) is 6.92 Å². The average molecular weight is 209 g/mol. The van der Waals surface area contributed by atoms with Crippen LogP contribution in [0.4, 0.5) is 0 Å². The van der Waals surface area contributed by atoms with Gasteiger partial charge in [0.1, 0.15) is 5.75 Å². The number of rotatable bonds is 5. The summed E-state index contributed by atoms with van der Waals surface area (Å²) in [6.07, 6.45) is 3.97. The number of aliphatic hydroxyl groups is 1. The van der Waals surface area contributed by atoms with Gasteiger partial charge in [-0.05, 0) is 20.3 Å². The van der Waals surface area contributed by atoms with E-state index in [1.165, 1.54) is 0 Å². The van der Waals surface area contributed by atoms with Crippen LogP contribution in [0.2, 0.25) is 0 Å². The summed E-state index contributed by atoms with van der Waals surface area (Å²) in [5.41, 5.74) is 1.66. The minimum atomic E-state index is -0.0263. The van der Waals surface area contributed by atoms with Gasteiger partial charge in [0.15, 0.2) is 0 Å². The van der Waals surface area contributed by atoms with E-state index in [9.17, 15) is 0 Å². The van der Waals surface area contributed by atoms with E-state index in [1.807, 2.05) is 19.9 Å². The standard InChI is InChI=1S/C12H19NO2/c1-4-5-10(3)15-12-6-9(2)13-7-11(12)8-14/h6-7,10,14H,4-5,8H2,1-3H3. The van der Waals surface area contributed by atoms with Crippen LogP contribution in [-0.4, -0.2) is 16.2 Å². The zero-order valence-electron chi connectivity index (χ0n) is 9.66. The van der Waals surface area contributed by atoms with Crippen molar-refractivity contribution in [3.63, 3.8) is 0 Å². The van der Waals surface area contributed by atoms with Crippen LogP contribution in [-0.2, 0) is 6.61 Å². The lowest BCUT2D eigenvalue weighted by atomic mass is 10.2. The molecule has 0 aliphatic heterocycles. The van der Waals surface area contributed by atoms with E-state index in [0.29, 0.717) is 0 Å². The molecule has 1 N–H and O–H groups in total. The van der Waals surface area contributed by atoms with Gasteiger partial charge in [-0.25, -0.2) is 0 Å². The lowest BCUT2D eigenvalue weighted by molar-refractivity contribution is 0.199. The molecule has 0 saturated heterocycles. The normalized spacial score (nSPS) is 12.5. The van der Waals surface area contributed by atoms with Gasteiger partial charge in [0.05, 0.1) is 12.7 Å².